The van der Waals surface area contributed by atoms with Gasteiger partial charge in [-0.1, -0.05) is 0 Å². The molecule has 1 aromatic carbocycles. The Morgan fingerprint density at radius 1 is 1.38 bits per heavy atom. The Morgan fingerprint density at radius 3 is 2.71 bits per heavy atom. The van der Waals surface area contributed by atoms with Gasteiger partial charge in [-0.15, -0.1) is 12.4 Å². The summed E-state index contributed by atoms with van der Waals surface area (Å²) in [5, 5.41) is 19.4. The highest BCUT2D eigenvalue weighted by atomic mass is 35.5. The molecule has 21 heavy (non-hydrogen) atoms. The molecule has 3 N–H and O–H groups in total. The number of β-amino-alcohol motifs (C(OH)–C–C–N with tert-alkyl or cyclic N) is 1. The van der Waals surface area contributed by atoms with Crippen LogP contribution in [0.1, 0.15) is 6.42 Å². The number of anilines is 1. The van der Waals surface area contributed by atoms with Crippen LogP contribution in [0.4, 0.5) is 5.69 Å². The van der Waals surface area contributed by atoms with E-state index in [1.807, 2.05) is 36.5 Å². The second kappa shape index (κ2) is 6.71. The number of carbonyl (C=O) groups is 1. The van der Waals surface area contributed by atoms with E-state index < -0.39 is 6.10 Å². The molecule has 3 rings (SSSR count). The number of aromatic nitrogens is 2. The smallest absolute Gasteiger partial charge is 0.241 e. The van der Waals surface area contributed by atoms with Crippen LogP contribution in [-0.4, -0.2) is 39.5 Å². The Bertz CT molecular complexity index is 586. The number of nitrogens with one attached hydrogen (secondary N) is 2. The number of rotatable bonds is 3. The van der Waals surface area contributed by atoms with Crippen LogP contribution in [0.25, 0.3) is 5.69 Å². The average molecular weight is 309 g/mol. The Hall–Kier alpha value is -1.89. The molecule has 1 aromatic heterocycles. The zero-order valence-electron chi connectivity index (χ0n) is 11.3. The zero-order valence-corrected chi connectivity index (χ0v) is 12.1. The molecule has 1 amide bonds. The molecule has 0 radical (unpaired) electrons. The number of carbonyl (C=O) groups excluding carboxylic acids is 1. The van der Waals surface area contributed by atoms with Crippen LogP contribution in [0, 0.1) is 0 Å². The predicted molar refractivity (Wildman–Crippen MR) is 81.9 cm³/mol. The van der Waals surface area contributed by atoms with Gasteiger partial charge in [-0.2, -0.15) is 5.10 Å². The molecule has 0 saturated carbocycles. The van der Waals surface area contributed by atoms with Gasteiger partial charge in [0.25, 0.3) is 0 Å². The van der Waals surface area contributed by atoms with E-state index in [1.165, 1.54) is 0 Å². The van der Waals surface area contributed by atoms with E-state index in [-0.39, 0.29) is 24.4 Å². The summed E-state index contributed by atoms with van der Waals surface area (Å²) in [6, 6.07) is 8.97. The topological polar surface area (TPSA) is 79.2 Å². The van der Waals surface area contributed by atoms with Crippen molar-refractivity contribution in [3.63, 3.8) is 0 Å². The molecule has 1 fully saturated rings. The lowest BCUT2D eigenvalue weighted by Crippen LogP contribution is -2.35. The summed E-state index contributed by atoms with van der Waals surface area (Å²) in [6.07, 6.45) is 3.59. The highest BCUT2D eigenvalue weighted by Gasteiger charge is 2.27. The van der Waals surface area contributed by atoms with E-state index in [2.05, 4.69) is 15.7 Å². The lowest BCUT2D eigenvalue weighted by atomic mass is 10.2. The second-order valence-electron chi connectivity index (χ2n) is 4.84. The van der Waals surface area contributed by atoms with Crippen LogP contribution in [0.5, 0.6) is 0 Å². The Balaban J connectivity index is 0.00000161. The Kier molecular flexibility index (Phi) is 4.95. The number of amides is 1. The summed E-state index contributed by atoms with van der Waals surface area (Å²) in [5.41, 5.74) is 1.66. The average Bonchev–Trinajstić information content (AvgIpc) is 3.10. The standard InChI is InChI=1S/C14H16N4O2.ClH/c19-12-8-13(15-9-12)14(20)17-10-2-4-11(5-3-10)18-7-1-6-16-18;/h1-7,12-13,15,19H,8-9H2,(H,17,20);1H. The summed E-state index contributed by atoms with van der Waals surface area (Å²) in [6.45, 7) is 0.469. The van der Waals surface area contributed by atoms with Crippen molar-refractivity contribution in [1.29, 1.82) is 0 Å². The molecule has 7 heteroatoms. The zero-order chi connectivity index (χ0) is 13.9. The van der Waals surface area contributed by atoms with Crippen molar-refractivity contribution in [2.75, 3.05) is 11.9 Å². The minimum Gasteiger partial charge on any atom is -0.392 e. The third-order valence-electron chi connectivity index (χ3n) is 3.33. The van der Waals surface area contributed by atoms with E-state index in [0.717, 1.165) is 11.4 Å². The van der Waals surface area contributed by atoms with E-state index >= 15 is 0 Å². The van der Waals surface area contributed by atoms with Crippen LogP contribution < -0.4 is 10.6 Å². The van der Waals surface area contributed by atoms with Crippen LogP contribution >= 0.6 is 12.4 Å². The molecule has 0 bridgehead atoms. The highest BCUT2D eigenvalue weighted by molar-refractivity contribution is 5.95. The lowest BCUT2D eigenvalue weighted by molar-refractivity contribution is -0.117. The molecule has 2 unspecified atom stereocenters. The summed E-state index contributed by atoms with van der Waals surface area (Å²) >= 11 is 0. The molecule has 1 saturated heterocycles. The number of halogens is 1. The van der Waals surface area contributed by atoms with Crippen molar-refractivity contribution in [3.05, 3.63) is 42.7 Å². The van der Waals surface area contributed by atoms with Crippen molar-refractivity contribution < 1.29 is 9.90 Å². The number of hydrogen-bond donors (Lipinski definition) is 3. The Labute approximate surface area is 128 Å². The SMILES string of the molecule is Cl.O=C(Nc1ccc(-n2cccn2)cc1)C1CC(O)CN1. The number of hydrogen-bond acceptors (Lipinski definition) is 4. The number of benzene rings is 1. The summed E-state index contributed by atoms with van der Waals surface area (Å²) in [7, 11) is 0. The largest absolute Gasteiger partial charge is 0.392 e. The molecule has 6 nitrogen and oxygen atoms in total. The first-order chi connectivity index (χ1) is 9.72. The minimum atomic E-state index is -0.437. The fraction of sp³-hybridized carbons (Fsp3) is 0.286. The fourth-order valence-corrected chi connectivity index (χ4v) is 2.27. The fourth-order valence-electron chi connectivity index (χ4n) is 2.27. The van der Waals surface area contributed by atoms with E-state index in [9.17, 15) is 9.90 Å². The molecule has 0 aliphatic carbocycles. The normalized spacial score (nSPS) is 20.8. The number of aliphatic hydroxyl groups is 1. The maximum atomic E-state index is 12.0. The van der Waals surface area contributed by atoms with E-state index in [4.69, 9.17) is 0 Å². The molecular weight excluding hydrogens is 292 g/mol. The van der Waals surface area contributed by atoms with Crippen LogP contribution in [0.3, 0.4) is 0 Å². The van der Waals surface area contributed by atoms with Gasteiger partial charge < -0.3 is 15.7 Å². The maximum absolute atomic E-state index is 12.0. The van der Waals surface area contributed by atoms with Crippen molar-refractivity contribution in [3.8, 4) is 5.69 Å². The van der Waals surface area contributed by atoms with Crippen LogP contribution in [0.15, 0.2) is 42.7 Å². The maximum Gasteiger partial charge on any atom is 0.241 e. The second-order valence-corrected chi connectivity index (χ2v) is 4.84. The molecule has 2 atom stereocenters. The molecule has 1 aliphatic heterocycles. The number of nitrogens with zero attached hydrogens (tertiary/aromatic N) is 2. The van der Waals surface area contributed by atoms with Gasteiger partial charge >= 0.3 is 0 Å². The monoisotopic (exact) mass is 308 g/mol. The molecule has 2 heterocycles. The third-order valence-corrected chi connectivity index (χ3v) is 3.33. The van der Waals surface area contributed by atoms with Gasteiger partial charge in [-0.25, -0.2) is 4.68 Å². The Morgan fingerprint density at radius 2 is 2.14 bits per heavy atom. The van der Waals surface area contributed by atoms with Gasteiger partial charge in [-0.05, 0) is 36.8 Å². The van der Waals surface area contributed by atoms with Crippen molar-refractivity contribution >= 4 is 24.0 Å². The van der Waals surface area contributed by atoms with Gasteiger partial charge in [-0.3, -0.25) is 4.79 Å². The third kappa shape index (κ3) is 3.60. The molecule has 0 spiro atoms. The summed E-state index contributed by atoms with van der Waals surface area (Å²) in [4.78, 5) is 12.0. The van der Waals surface area contributed by atoms with Gasteiger partial charge in [0.05, 0.1) is 17.8 Å². The van der Waals surface area contributed by atoms with E-state index in [0.29, 0.717) is 13.0 Å². The first-order valence-electron chi connectivity index (χ1n) is 6.55. The molecule has 2 aromatic rings. The minimum absolute atomic E-state index is 0. The first-order valence-corrected chi connectivity index (χ1v) is 6.55. The summed E-state index contributed by atoms with van der Waals surface area (Å²) < 4.78 is 1.75. The van der Waals surface area contributed by atoms with E-state index in [1.54, 1.807) is 10.9 Å². The molecule has 1 aliphatic rings. The van der Waals surface area contributed by atoms with Crippen molar-refractivity contribution in [2.24, 2.45) is 0 Å². The summed E-state index contributed by atoms with van der Waals surface area (Å²) in [5.74, 6) is -0.117. The lowest BCUT2D eigenvalue weighted by Gasteiger charge is -2.11. The van der Waals surface area contributed by atoms with Crippen molar-refractivity contribution in [2.45, 2.75) is 18.6 Å². The molecule has 112 valence electrons. The quantitative estimate of drug-likeness (QED) is 0.789. The van der Waals surface area contributed by atoms with Crippen molar-refractivity contribution in [1.82, 2.24) is 15.1 Å². The van der Waals surface area contributed by atoms with Gasteiger partial charge in [0.2, 0.25) is 5.91 Å². The number of aliphatic hydroxyl groups excluding tert-OH is 1. The van der Waals surface area contributed by atoms with Crippen LogP contribution in [0.2, 0.25) is 0 Å². The van der Waals surface area contributed by atoms with Crippen LogP contribution in [-0.2, 0) is 4.79 Å². The molecular formula is C14H17ClN4O2. The van der Waals surface area contributed by atoms with Gasteiger partial charge in [0.15, 0.2) is 0 Å². The highest BCUT2D eigenvalue weighted by Crippen LogP contribution is 2.14. The van der Waals surface area contributed by atoms with Gasteiger partial charge in [0, 0.05) is 24.6 Å². The first kappa shape index (κ1) is 15.5. The van der Waals surface area contributed by atoms with Gasteiger partial charge in [0.1, 0.15) is 0 Å². The predicted octanol–water partition coefficient (Wildman–Crippen LogP) is 0.955.